The first kappa shape index (κ1) is 15.4. The van der Waals surface area contributed by atoms with Crippen LogP contribution in [0.25, 0.3) is 17.2 Å². The van der Waals surface area contributed by atoms with Crippen LogP contribution in [0.15, 0.2) is 78.9 Å². The number of carbonyl (C=O) groups is 1. The molecule has 0 amide bonds. The summed E-state index contributed by atoms with van der Waals surface area (Å²) in [6.07, 6.45) is 3.72. The predicted molar refractivity (Wildman–Crippen MR) is 101 cm³/mol. The summed E-state index contributed by atoms with van der Waals surface area (Å²) in [4.78, 5) is 10.6. The summed E-state index contributed by atoms with van der Waals surface area (Å²) in [6.45, 7) is 0. The van der Waals surface area contributed by atoms with Crippen LogP contribution in [-0.4, -0.2) is 11.1 Å². The van der Waals surface area contributed by atoms with Gasteiger partial charge in [0.25, 0.3) is 0 Å². The molecule has 0 atom stereocenters. The quantitative estimate of drug-likeness (QED) is 0.674. The van der Waals surface area contributed by atoms with Gasteiger partial charge in [0.15, 0.2) is 0 Å². The third-order valence-corrected chi connectivity index (χ3v) is 4.80. The number of hydrogen-bond acceptors (Lipinski definition) is 1. The molecule has 0 unspecified atom stereocenters. The van der Waals surface area contributed by atoms with Crippen molar-refractivity contribution in [1.29, 1.82) is 0 Å². The van der Waals surface area contributed by atoms with Crippen molar-refractivity contribution < 1.29 is 9.90 Å². The van der Waals surface area contributed by atoms with E-state index in [-0.39, 0.29) is 0 Å². The molecule has 0 saturated carbocycles. The molecule has 1 aliphatic carbocycles. The van der Waals surface area contributed by atoms with Crippen LogP contribution in [0.4, 0.5) is 0 Å². The molecule has 0 fully saturated rings. The van der Waals surface area contributed by atoms with Crippen molar-refractivity contribution in [2.24, 2.45) is 0 Å². The third kappa shape index (κ3) is 2.99. The Morgan fingerprint density at radius 3 is 1.96 bits per heavy atom. The molecule has 0 aromatic heterocycles. The lowest BCUT2D eigenvalue weighted by molar-refractivity contribution is -0.131. The van der Waals surface area contributed by atoms with Gasteiger partial charge in [-0.3, -0.25) is 0 Å². The van der Waals surface area contributed by atoms with Gasteiger partial charge in [-0.15, -0.1) is 0 Å². The van der Waals surface area contributed by atoms with E-state index in [0.29, 0.717) is 5.92 Å². The Hall–Kier alpha value is -3.13. The smallest absolute Gasteiger partial charge is 0.328 e. The lowest BCUT2D eigenvalue weighted by atomic mass is 9.90. The molecular weight excluding hydrogens is 308 g/mol. The van der Waals surface area contributed by atoms with Crippen molar-refractivity contribution >= 4 is 12.0 Å². The Kier molecular flexibility index (Phi) is 3.95. The second-order valence-electron chi connectivity index (χ2n) is 6.34. The minimum atomic E-state index is -0.928. The summed E-state index contributed by atoms with van der Waals surface area (Å²) >= 11 is 0. The van der Waals surface area contributed by atoms with Crippen molar-refractivity contribution in [2.75, 3.05) is 0 Å². The van der Waals surface area contributed by atoms with Gasteiger partial charge in [-0.1, -0.05) is 72.8 Å². The topological polar surface area (TPSA) is 37.3 Å². The van der Waals surface area contributed by atoms with Crippen molar-refractivity contribution in [3.8, 4) is 11.1 Å². The number of carboxylic acid groups (broad SMARTS) is 1. The first-order valence-corrected chi connectivity index (χ1v) is 8.40. The molecule has 3 aromatic carbocycles. The van der Waals surface area contributed by atoms with Gasteiger partial charge in [0.2, 0.25) is 0 Å². The normalized spacial score (nSPS) is 13.0. The molecule has 2 heteroatoms. The molecular formula is C23H18O2. The van der Waals surface area contributed by atoms with Crippen molar-refractivity contribution in [3.63, 3.8) is 0 Å². The predicted octanol–water partition coefficient (Wildman–Crippen LogP) is 5.14. The van der Waals surface area contributed by atoms with Gasteiger partial charge >= 0.3 is 5.97 Å². The molecule has 3 aromatic rings. The van der Waals surface area contributed by atoms with E-state index in [2.05, 4.69) is 60.7 Å². The second kappa shape index (κ2) is 6.40. The fourth-order valence-electron chi connectivity index (χ4n) is 3.65. The molecule has 0 heterocycles. The molecule has 122 valence electrons. The van der Waals surface area contributed by atoms with E-state index in [1.54, 1.807) is 6.08 Å². The Morgan fingerprint density at radius 1 is 0.840 bits per heavy atom. The van der Waals surface area contributed by atoms with Gasteiger partial charge in [-0.25, -0.2) is 4.79 Å². The van der Waals surface area contributed by atoms with Gasteiger partial charge in [0, 0.05) is 12.0 Å². The number of rotatable bonds is 4. The first-order chi connectivity index (χ1) is 12.2. The fourth-order valence-corrected chi connectivity index (χ4v) is 3.65. The van der Waals surface area contributed by atoms with E-state index in [1.807, 2.05) is 12.1 Å². The number of carboxylic acids is 1. The lowest BCUT2D eigenvalue weighted by Crippen LogP contribution is -2.01. The molecule has 0 saturated heterocycles. The van der Waals surface area contributed by atoms with Gasteiger partial charge in [0.1, 0.15) is 0 Å². The maximum atomic E-state index is 10.6. The fraction of sp³-hybridized carbons (Fsp3) is 0.0870. The van der Waals surface area contributed by atoms with Crippen molar-refractivity contribution in [2.45, 2.75) is 12.3 Å². The van der Waals surface area contributed by atoms with Crippen LogP contribution < -0.4 is 0 Å². The van der Waals surface area contributed by atoms with Crippen LogP contribution >= 0.6 is 0 Å². The van der Waals surface area contributed by atoms with Crippen LogP contribution in [0.1, 0.15) is 28.2 Å². The number of aliphatic carboxylic acids is 1. The highest BCUT2D eigenvalue weighted by Gasteiger charge is 2.27. The molecule has 25 heavy (non-hydrogen) atoms. The summed E-state index contributed by atoms with van der Waals surface area (Å²) in [6, 6.07) is 25.4. The largest absolute Gasteiger partial charge is 0.478 e. The highest BCUT2D eigenvalue weighted by molar-refractivity contribution is 5.85. The van der Waals surface area contributed by atoms with Crippen LogP contribution in [0.5, 0.6) is 0 Å². The zero-order chi connectivity index (χ0) is 17.2. The standard InChI is InChI=1S/C23H18O2/c24-23(25)14-13-16-9-11-17(12-10-16)15-22-20-7-3-1-5-18(20)19-6-2-4-8-21(19)22/h1-14,22H,15H2,(H,24,25)/b14-13+. The van der Waals surface area contributed by atoms with E-state index in [0.717, 1.165) is 12.0 Å². The maximum absolute atomic E-state index is 10.6. The van der Waals surface area contributed by atoms with Crippen LogP contribution in [-0.2, 0) is 11.2 Å². The highest BCUT2D eigenvalue weighted by atomic mass is 16.4. The zero-order valence-corrected chi connectivity index (χ0v) is 13.7. The van der Waals surface area contributed by atoms with E-state index in [4.69, 9.17) is 5.11 Å². The number of fused-ring (bicyclic) bond motifs is 3. The van der Waals surface area contributed by atoms with Crippen LogP contribution in [0, 0.1) is 0 Å². The minimum Gasteiger partial charge on any atom is -0.478 e. The molecule has 2 nitrogen and oxygen atoms in total. The van der Waals surface area contributed by atoms with Gasteiger partial charge < -0.3 is 5.11 Å². The summed E-state index contributed by atoms with van der Waals surface area (Å²) in [5.41, 5.74) is 7.60. The van der Waals surface area contributed by atoms with E-state index in [9.17, 15) is 4.79 Å². The molecule has 0 spiro atoms. The summed E-state index contributed by atoms with van der Waals surface area (Å²) in [7, 11) is 0. The summed E-state index contributed by atoms with van der Waals surface area (Å²) in [5, 5.41) is 8.72. The lowest BCUT2D eigenvalue weighted by Gasteiger charge is -2.14. The van der Waals surface area contributed by atoms with E-state index >= 15 is 0 Å². The van der Waals surface area contributed by atoms with E-state index in [1.165, 1.54) is 33.9 Å². The monoisotopic (exact) mass is 326 g/mol. The molecule has 0 radical (unpaired) electrons. The molecule has 1 N–H and O–H groups in total. The minimum absolute atomic E-state index is 0.368. The Bertz CT molecular complexity index is 906. The van der Waals surface area contributed by atoms with Gasteiger partial charge in [-0.2, -0.15) is 0 Å². The van der Waals surface area contributed by atoms with E-state index < -0.39 is 5.97 Å². The number of hydrogen-bond donors (Lipinski definition) is 1. The number of benzene rings is 3. The van der Waals surface area contributed by atoms with Crippen LogP contribution in [0.3, 0.4) is 0 Å². The average Bonchev–Trinajstić information content (AvgIpc) is 2.96. The summed E-state index contributed by atoms with van der Waals surface area (Å²) < 4.78 is 0. The Balaban J connectivity index is 1.64. The summed E-state index contributed by atoms with van der Waals surface area (Å²) in [5.74, 6) is -0.559. The maximum Gasteiger partial charge on any atom is 0.328 e. The van der Waals surface area contributed by atoms with Crippen LogP contribution in [0.2, 0.25) is 0 Å². The third-order valence-electron chi connectivity index (χ3n) is 4.80. The zero-order valence-electron chi connectivity index (χ0n) is 13.7. The second-order valence-corrected chi connectivity index (χ2v) is 6.34. The molecule has 4 rings (SSSR count). The van der Waals surface area contributed by atoms with Gasteiger partial charge in [0.05, 0.1) is 0 Å². The molecule has 0 bridgehead atoms. The average molecular weight is 326 g/mol. The molecule has 0 aliphatic heterocycles. The van der Waals surface area contributed by atoms with Crippen molar-refractivity contribution in [1.82, 2.24) is 0 Å². The highest BCUT2D eigenvalue weighted by Crippen LogP contribution is 2.45. The van der Waals surface area contributed by atoms with Gasteiger partial charge in [-0.05, 0) is 45.9 Å². The Labute approximate surface area is 147 Å². The first-order valence-electron chi connectivity index (χ1n) is 8.40. The Morgan fingerprint density at radius 2 is 1.40 bits per heavy atom. The SMILES string of the molecule is O=C(O)/C=C/c1ccc(CC2c3ccccc3-c3ccccc32)cc1. The molecule has 1 aliphatic rings. The van der Waals surface area contributed by atoms with Crippen molar-refractivity contribution in [3.05, 3.63) is 101 Å².